The summed E-state index contributed by atoms with van der Waals surface area (Å²) in [6, 6.07) is 11.4. The number of thioether (sulfide) groups is 1. The summed E-state index contributed by atoms with van der Waals surface area (Å²) in [4.78, 5) is 24.5. The fourth-order valence-corrected chi connectivity index (χ4v) is 4.06. The summed E-state index contributed by atoms with van der Waals surface area (Å²) in [5.74, 6) is 0.00758. The van der Waals surface area contributed by atoms with E-state index in [0.717, 1.165) is 23.9 Å². The van der Waals surface area contributed by atoms with Gasteiger partial charge in [0, 0.05) is 20.1 Å². The Hall–Kier alpha value is -3.07. The first-order chi connectivity index (χ1) is 14.3. The van der Waals surface area contributed by atoms with Crippen LogP contribution >= 0.6 is 11.8 Å². The zero-order valence-electron chi connectivity index (χ0n) is 17.7. The molecule has 0 aliphatic rings. The van der Waals surface area contributed by atoms with Gasteiger partial charge >= 0.3 is 0 Å². The van der Waals surface area contributed by atoms with Crippen LogP contribution in [0.5, 0.6) is 0 Å². The Bertz CT molecular complexity index is 978. The van der Waals surface area contributed by atoms with Crippen molar-refractivity contribution >= 4 is 29.2 Å². The molecule has 0 aliphatic heterocycles. The first kappa shape index (κ1) is 23.2. The quantitative estimate of drug-likeness (QED) is 0.492. The van der Waals surface area contributed by atoms with Crippen LogP contribution in [0, 0.1) is 17.9 Å². The lowest BCUT2D eigenvalue weighted by molar-refractivity contribution is -0.117. The number of likely N-dealkylation sites (N-methyl/N-ethyl adjacent to an activating group) is 2. The van der Waals surface area contributed by atoms with Crippen molar-refractivity contribution in [3.05, 3.63) is 58.4 Å². The van der Waals surface area contributed by atoms with Crippen LogP contribution in [0.1, 0.15) is 28.9 Å². The summed E-state index contributed by atoms with van der Waals surface area (Å²) in [7, 11) is 5.83. The van der Waals surface area contributed by atoms with E-state index >= 15 is 0 Å². The molecule has 0 bridgehead atoms. The molecule has 156 valence electrons. The van der Waals surface area contributed by atoms with Gasteiger partial charge in [-0.1, -0.05) is 49.0 Å². The van der Waals surface area contributed by atoms with Crippen molar-refractivity contribution < 1.29 is 4.79 Å². The van der Waals surface area contributed by atoms with Crippen LogP contribution in [-0.2, 0) is 11.2 Å². The molecule has 0 radical (unpaired) electrons. The Morgan fingerprint density at radius 1 is 1.30 bits per heavy atom. The largest absolute Gasteiger partial charge is 0.368 e. The molecule has 8 heteroatoms. The maximum absolute atomic E-state index is 12.2. The van der Waals surface area contributed by atoms with Gasteiger partial charge in [0.15, 0.2) is 0 Å². The number of anilines is 1. The molecule has 1 heterocycles. The van der Waals surface area contributed by atoms with Crippen molar-refractivity contribution in [3.8, 4) is 6.07 Å². The number of carbonyl (C=O) groups excluding carboxylic acids is 1. The molecule has 2 N–H and O–H groups in total. The van der Waals surface area contributed by atoms with Gasteiger partial charge in [0.25, 0.3) is 0 Å². The second-order valence-electron chi connectivity index (χ2n) is 7.06. The zero-order valence-corrected chi connectivity index (χ0v) is 18.5. The number of hydrogen-bond acceptors (Lipinski definition) is 6. The Morgan fingerprint density at radius 3 is 2.47 bits per heavy atom. The number of nitrogens with zero attached hydrogens (tertiary/aromatic N) is 5. The number of primary amides is 1. The van der Waals surface area contributed by atoms with E-state index in [2.05, 4.69) is 15.9 Å². The van der Waals surface area contributed by atoms with Crippen LogP contribution in [0.4, 0.5) is 11.5 Å². The summed E-state index contributed by atoms with van der Waals surface area (Å²) in [5.41, 5.74) is 7.79. The molecule has 1 atom stereocenters. The van der Waals surface area contributed by atoms with Gasteiger partial charge in [-0.15, -0.1) is 0 Å². The molecule has 2 aromatic rings. The molecule has 1 aromatic carbocycles. The number of aromatic nitrogens is 1. The number of rotatable bonds is 9. The van der Waals surface area contributed by atoms with E-state index in [1.54, 1.807) is 0 Å². The number of nitrogens with two attached hydrogens (primary N) is 1. The van der Waals surface area contributed by atoms with Gasteiger partial charge in [-0.2, -0.15) is 5.26 Å². The van der Waals surface area contributed by atoms with Crippen molar-refractivity contribution in [2.24, 2.45) is 5.73 Å². The summed E-state index contributed by atoms with van der Waals surface area (Å²) in [6.45, 7) is 11.0. The number of hydrogen-bond donors (Lipinski definition) is 1. The molecule has 0 saturated carbocycles. The summed E-state index contributed by atoms with van der Waals surface area (Å²) < 4.78 is 0. The predicted octanol–water partition coefficient (Wildman–Crippen LogP) is 3.38. The molecule has 7 nitrogen and oxygen atoms in total. The van der Waals surface area contributed by atoms with Crippen LogP contribution in [0.25, 0.3) is 4.85 Å². The van der Waals surface area contributed by atoms with Gasteiger partial charge in [-0.05, 0) is 31.6 Å². The Balaban J connectivity index is 2.60. The third-order valence-electron chi connectivity index (χ3n) is 4.63. The lowest BCUT2D eigenvalue weighted by Crippen LogP contribution is -2.29. The number of pyridine rings is 1. The normalized spacial score (nSPS) is 11.6. The standard InChI is InChI=1S/C22H26N6OS/c1-6-16-17(14-23)22(30-19(20(24)29)15-10-8-7-9-11-15)26-21(18(16)25-2)28(5)13-12-27(3)4/h7-11,19H,6,12-13H2,1,3-5H3,(H2,24,29). The molecule has 1 unspecified atom stereocenters. The summed E-state index contributed by atoms with van der Waals surface area (Å²) in [5, 5.41) is 9.57. The summed E-state index contributed by atoms with van der Waals surface area (Å²) >= 11 is 1.16. The van der Waals surface area contributed by atoms with E-state index in [-0.39, 0.29) is 0 Å². The molecule has 2 rings (SSSR count). The topological polar surface area (TPSA) is 90.6 Å². The molecule has 0 aliphatic carbocycles. The third-order valence-corrected chi connectivity index (χ3v) is 5.89. The molecule has 0 fully saturated rings. The second kappa shape index (κ2) is 10.6. The number of nitriles is 1. The second-order valence-corrected chi connectivity index (χ2v) is 8.15. The molecule has 30 heavy (non-hydrogen) atoms. The maximum Gasteiger partial charge on any atom is 0.235 e. The Morgan fingerprint density at radius 2 is 1.97 bits per heavy atom. The highest BCUT2D eigenvalue weighted by atomic mass is 32.2. The van der Waals surface area contributed by atoms with Crippen LogP contribution in [0.3, 0.4) is 0 Å². The number of carbonyl (C=O) groups is 1. The van der Waals surface area contributed by atoms with Gasteiger partial charge in [0.1, 0.15) is 22.2 Å². The third kappa shape index (κ3) is 5.29. The molecule has 0 saturated heterocycles. The maximum atomic E-state index is 12.2. The smallest absolute Gasteiger partial charge is 0.235 e. The van der Waals surface area contributed by atoms with Crippen LogP contribution in [-0.4, -0.2) is 50.0 Å². The Kier molecular flexibility index (Phi) is 8.23. The van der Waals surface area contributed by atoms with Gasteiger partial charge in [-0.3, -0.25) is 4.79 Å². The highest BCUT2D eigenvalue weighted by molar-refractivity contribution is 8.00. The highest BCUT2D eigenvalue weighted by Gasteiger charge is 2.26. The van der Waals surface area contributed by atoms with Crippen molar-refractivity contribution in [2.75, 3.05) is 39.1 Å². The fourth-order valence-electron chi connectivity index (χ4n) is 3.00. The van der Waals surface area contributed by atoms with Crippen LogP contribution in [0.15, 0.2) is 35.4 Å². The van der Waals surface area contributed by atoms with E-state index in [1.807, 2.05) is 68.2 Å². The van der Waals surface area contributed by atoms with Crippen LogP contribution < -0.4 is 10.6 Å². The minimum absolute atomic E-state index is 0.334. The van der Waals surface area contributed by atoms with Gasteiger partial charge < -0.3 is 15.5 Å². The average molecular weight is 423 g/mol. The summed E-state index contributed by atoms with van der Waals surface area (Å²) in [6.07, 6.45) is 0.512. The van der Waals surface area contributed by atoms with E-state index in [0.29, 0.717) is 40.6 Å². The average Bonchev–Trinajstić information content (AvgIpc) is 2.74. The highest BCUT2D eigenvalue weighted by Crippen LogP contribution is 2.42. The monoisotopic (exact) mass is 422 g/mol. The SMILES string of the molecule is [C-]#[N+]c1c(N(C)CCN(C)C)nc(SC(C(N)=O)c2ccccc2)c(C#N)c1CC. The van der Waals surface area contributed by atoms with Crippen molar-refractivity contribution in [3.63, 3.8) is 0 Å². The van der Waals surface area contributed by atoms with Gasteiger partial charge in [0.05, 0.1) is 12.1 Å². The zero-order chi connectivity index (χ0) is 22.3. The predicted molar refractivity (Wildman–Crippen MR) is 121 cm³/mol. The van der Waals surface area contributed by atoms with E-state index < -0.39 is 11.2 Å². The number of amides is 1. The van der Waals surface area contributed by atoms with Crippen molar-refractivity contribution in [1.82, 2.24) is 9.88 Å². The van der Waals surface area contributed by atoms with Gasteiger partial charge in [-0.25, -0.2) is 9.83 Å². The van der Waals surface area contributed by atoms with Crippen molar-refractivity contribution in [1.29, 1.82) is 5.26 Å². The van der Waals surface area contributed by atoms with Gasteiger partial charge in [0.2, 0.25) is 11.6 Å². The lowest BCUT2D eigenvalue weighted by atomic mass is 10.1. The molecular formula is C22H26N6OS. The van der Waals surface area contributed by atoms with Crippen LogP contribution in [0.2, 0.25) is 0 Å². The van der Waals surface area contributed by atoms with E-state index in [9.17, 15) is 10.1 Å². The first-order valence-electron chi connectivity index (χ1n) is 9.55. The molecule has 1 aromatic heterocycles. The minimum atomic E-state index is -0.686. The lowest BCUT2D eigenvalue weighted by Gasteiger charge is -2.24. The minimum Gasteiger partial charge on any atom is -0.368 e. The fraction of sp³-hybridized carbons (Fsp3) is 0.364. The van der Waals surface area contributed by atoms with E-state index in [1.165, 1.54) is 0 Å². The first-order valence-corrected chi connectivity index (χ1v) is 10.4. The molecule has 1 amide bonds. The van der Waals surface area contributed by atoms with E-state index in [4.69, 9.17) is 12.3 Å². The number of benzene rings is 1. The Labute approximate surface area is 182 Å². The molecule has 0 spiro atoms. The molecular weight excluding hydrogens is 396 g/mol. The van der Waals surface area contributed by atoms with Crippen molar-refractivity contribution in [2.45, 2.75) is 23.6 Å².